The van der Waals surface area contributed by atoms with Gasteiger partial charge in [-0.15, -0.1) is 0 Å². The van der Waals surface area contributed by atoms with E-state index < -0.39 is 9.84 Å². The van der Waals surface area contributed by atoms with E-state index in [2.05, 4.69) is 15.9 Å². The first kappa shape index (κ1) is 15.1. The van der Waals surface area contributed by atoms with Crippen LogP contribution in [0, 0.1) is 5.92 Å². The van der Waals surface area contributed by atoms with E-state index in [1.165, 1.54) is 0 Å². The summed E-state index contributed by atoms with van der Waals surface area (Å²) in [4.78, 5) is 4.70. The van der Waals surface area contributed by atoms with Crippen LogP contribution in [0.4, 0.5) is 5.69 Å². The van der Waals surface area contributed by atoms with Crippen molar-refractivity contribution in [3.63, 3.8) is 0 Å². The Labute approximate surface area is 131 Å². The lowest BCUT2D eigenvalue weighted by molar-refractivity contribution is 0.227. The topological polar surface area (TPSA) is 40.6 Å². The molecule has 0 saturated carbocycles. The lowest BCUT2D eigenvalue weighted by Gasteiger charge is -2.37. The number of hydrogen-bond donors (Lipinski definition) is 0. The molecule has 0 radical (unpaired) electrons. The molecule has 2 fully saturated rings. The number of hydrogen-bond acceptors (Lipinski definition) is 4. The Balaban J connectivity index is 1.53. The average molecular weight is 329 g/mol. The number of para-hydroxylation sites is 1. The van der Waals surface area contributed by atoms with Crippen LogP contribution in [0.15, 0.2) is 24.3 Å². The fraction of sp³-hybridized carbons (Fsp3) is 0.600. The van der Waals surface area contributed by atoms with E-state index in [0.717, 1.165) is 49.9 Å². The van der Waals surface area contributed by atoms with E-state index in [9.17, 15) is 8.42 Å². The van der Waals surface area contributed by atoms with Crippen LogP contribution in [0.1, 0.15) is 6.42 Å². The Morgan fingerprint density at radius 1 is 1.14 bits per heavy atom. The number of nitrogens with zero attached hydrogens (tertiary/aromatic N) is 2. The number of rotatable bonds is 3. The van der Waals surface area contributed by atoms with Gasteiger partial charge in [0.05, 0.1) is 22.2 Å². The SMILES string of the molecule is O=S1(=O)CCC(CN2CCN(c3ccccc3Cl)CC2)C1. The summed E-state index contributed by atoms with van der Waals surface area (Å²) in [7, 11) is -2.76. The fourth-order valence-electron chi connectivity index (χ4n) is 3.26. The Morgan fingerprint density at radius 2 is 1.86 bits per heavy atom. The van der Waals surface area contributed by atoms with E-state index in [1.807, 2.05) is 18.2 Å². The molecule has 116 valence electrons. The molecule has 1 aromatic carbocycles. The molecule has 6 heteroatoms. The number of sulfone groups is 1. The molecule has 0 bridgehead atoms. The Bertz CT molecular complexity index is 597. The highest BCUT2D eigenvalue weighted by molar-refractivity contribution is 7.91. The fourth-order valence-corrected chi connectivity index (χ4v) is 5.37. The van der Waals surface area contributed by atoms with Crippen molar-refractivity contribution in [2.24, 2.45) is 5.92 Å². The summed E-state index contributed by atoms with van der Waals surface area (Å²) in [6.45, 7) is 4.76. The van der Waals surface area contributed by atoms with E-state index in [4.69, 9.17) is 11.6 Å². The molecule has 1 atom stereocenters. The van der Waals surface area contributed by atoms with Crippen LogP contribution < -0.4 is 4.90 Å². The van der Waals surface area contributed by atoms with Gasteiger partial charge in [-0.25, -0.2) is 8.42 Å². The van der Waals surface area contributed by atoms with Gasteiger partial charge in [0.25, 0.3) is 0 Å². The number of piperazine rings is 1. The van der Waals surface area contributed by atoms with Crippen molar-refractivity contribution in [2.45, 2.75) is 6.42 Å². The van der Waals surface area contributed by atoms with Crippen molar-refractivity contribution in [1.29, 1.82) is 0 Å². The summed E-state index contributed by atoms with van der Waals surface area (Å²) in [5.41, 5.74) is 1.10. The number of benzene rings is 1. The van der Waals surface area contributed by atoms with Crippen LogP contribution in [0.25, 0.3) is 0 Å². The van der Waals surface area contributed by atoms with Crippen LogP contribution in [-0.2, 0) is 9.84 Å². The third-order valence-electron chi connectivity index (χ3n) is 4.41. The second-order valence-electron chi connectivity index (χ2n) is 6.01. The number of anilines is 1. The second kappa shape index (κ2) is 6.15. The lowest BCUT2D eigenvalue weighted by atomic mass is 10.1. The maximum absolute atomic E-state index is 11.5. The Morgan fingerprint density at radius 3 is 2.48 bits per heavy atom. The van der Waals surface area contributed by atoms with Crippen LogP contribution in [-0.4, -0.2) is 57.5 Å². The zero-order valence-electron chi connectivity index (χ0n) is 12.0. The molecule has 4 nitrogen and oxygen atoms in total. The van der Waals surface area contributed by atoms with Gasteiger partial charge in [-0.2, -0.15) is 0 Å². The molecule has 1 unspecified atom stereocenters. The summed E-state index contributed by atoms with van der Waals surface area (Å²) >= 11 is 6.24. The molecule has 0 spiro atoms. The lowest BCUT2D eigenvalue weighted by Crippen LogP contribution is -2.48. The number of halogens is 1. The second-order valence-corrected chi connectivity index (χ2v) is 8.64. The Kier molecular flexibility index (Phi) is 4.43. The van der Waals surface area contributed by atoms with E-state index in [-0.39, 0.29) is 0 Å². The molecular weight excluding hydrogens is 308 g/mol. The molecule has 2 saturated heterocycles. The first-order valence-corrected chi connectivity index (χ1v) is 9.66. The minimum atomic E-state index is -2.76. The van der Waals surface area contributed by atoms with Gasteiger partial charge in [-0.3, -0.25) is 4.90 Å². The monoisotopic (exact) mass is 328 g/mol. The van der Waals surface area contributed by atoms with Gasteiger partial charge in [-0.05, 0) is 24.5 Å². The first-order valence-electron chi connectivity index (χ1n) is 7.46. The molecule has 2 aliphatic rings. The maximum Gasteiger partial charge on any atom is 0.150 e. The van der Waals surface area contributed by atoms with Gasteiger partial charge in [0.2, 0.25) is 0 Å². The van der Waals surface area contributed by atoms with Crippen molar-refractivity contribution < 1.29 is 8.42 Å². The minimum Gasteiger partial charge on any atom is -0.368 e. The molecule has 0 aliphatic carbocycles. The summed E-state index contributed by atoms with van der Waals surface area (Å²) in [5, 5.41) is 0.799. The zero-order chi connectivity index (χ0) is 14.9. The summed E-state index contributed by atoms with van der Waals surface area (Å²) in [6, 6.07) is 7.94. The van der Waals surface area contributed by atoms with Gasteiger partial charge in [0.15, 0.2) is 9.84 Å². The summed E-state index contributed by atoms with van der Waals surface area (Å²) in [6.07, 6.45) is 0.826. The summed E-state index contributed by atoms with van der Waals surface area (Å²) in [5.74, 6) is 1.07. The molecular formula is C15H21ClN2O2S. The van der Waals surface area contributed by atoms with Gasteiger partial charge in [0, 0.05) is 32.7 Å². The Hall–Kier alpha value is -0.780. The van der Waals surface area contributed by atoms with Crippen molar-refractivity contribution >= 4 is 27.1 Å². The molecule has 2 aliphatic heterocycles. The van der Waals surface area contributed by atoms with E-state index in [1.54, 1.807) is 0 Å². The minimum absolute atomic E-state index is 0.321. The van der Waals surface area contributed by atoms with Crippen molar-refractivity contribution in [3.8, 4) is 0 Å². The van der Waals surface area contributed by atoms with Crippen LogP contribution in [0.3, 0.4) is 0 Å². The third-order valence-corrected chi connectivity index (χ3v) is 6.57. The van der Waals surface area contributed by atoms with Gasteiger partial charge >= 0.3 is 0 Å². The van der Waals surface area contributed by atoms with Crippen LogP contribution in [0.2, 0.25) is 5.02 Å². The maximum atomic E-state index is 11.5. The van der Waals surface area contributed by atoms with Crippen LogP contribution in [0.5, 0.6) is 0 Å². The molecule has 0 N–H and O–H groups in total. The highest BCUT2D eigenvalue weighted by Gasteiger charge is 2.30. The van der Waals surface area contributed by atoms with Gasteiger partial charge in [0.1, 0.15) is 0 Å². The highest BCUT2D eigenvalue weighted by Crippen LogP contribution is 2.26. The predicted molar refractivity (Wildman–Crippen MR) is 86.9 cm³/mol. The predicted octanol–water partition coefficient (Wildman–Crippen LogP) is 1.90. The summed E-state index contributed by atoms with van der Waals surface area (Å²) < 4.78 is 23.0. The third kappa shape index (κ3) is 3.71. The first-order chi connectivity index (χ1) is 10.0. The molecule has 1 aromatic rings. The zero-order valence-corrected chi connectivity index (χ0v) is 13.6. The largest absolute Gasteiger partial charge is 0.368 e. The quantitative estimate of drug-likeness (QED) is 0.849. The van der Waals surface area contributed by atoms with Crippen molar-refractivity contribution in [3.05, 3.63) is 29.3 Å². The van der Waals surface area contributed by atoms with Crippen LogP contribution >= 0.6 is 11.6 Å². The van der Waals surface area contributed by atoms with Crippen molar-refractivity contribution in [2.75, 3.05) is 49.1 Å². The highest BCUT2D eigenvalue weighted by atomic mass is 35.5. The molecule has 0 amide bonds. The van der Waals surface area contributed by atoms with Gasteiger partial charge in [-0.1, -0.05) is 23.7 Å². The molecule has 0 aromatic heterocycles. The van der Waals surface area contributed by atoms with E-state index >= 15 is 0 Å². The smallest absolute Gasteiger partial charge is 0.150 e. The average Bonchev–Trinajstić information content (AvgIpc) is 2.80. The van der Waals surface area contributed by atoms with E-state index in [0.29, 0.717) is 17.4 Å². The van der Waals surface area contributed by atoms with Gasteiger partial charge < -0.3 is 4.90 Å². The normalized spacial score (nSPS) is 26.1. The molecule has 2 heterocycles. The molecule has 21 heavy (non-hydrogen) atoms. The molecule has 3 rings (SSSR count). The standard InChI is InChI=1S/C15H21ClN2O2S/c16-14-3-1-2-4-15(14)18-8-6-17(7-9-18)11-13-5-10-21(19,20)12-13/h1-4,13H,5-12H2. The van der Waals surface area contributed by atoms with Crippen molar-refractivity contribution in [1.82, 2.24) is 4.90 Å².